The molecule has 19 heavy (non-hydrogen) atoms. The molecule has 1 heterocycles. The van der Waals surface area contributed by atoms with E-state index >= 15 is 0 Å². The predicted molar refractivity (Wildman–Crippen MR) is 80.6 cm³/mol. The molecule has 1 aliphatic carbocycles. The van der Waals surface area contributed by atoms with Gasteiger partial charge in [-0.25, -0.2) is 4.98 Å². The van der Waals surface area contributed by atoms with Gasteiger partial charge in [0.2, 0.25) is 0 Å². The first-order chi connectivity index (χ1) is 9.17. The highest BCUT2D eigenvalue weighted by atomic mass is 32.2. The zero-order chi connectivity index (χ0) is 13.7. The fourth-order valence-electron chi connectivity index (χ4n) is 2.64. The normalized spacial score (nSPS) is 17.9. The summed E-state index contributed by atoms with van der Waals surface area (Å²) in [4.78, 5) is 15.6. The topological polar surface area (TPSA) is 68.0 Å². The Morgan fingerprint density at radius 3 is 2.84 bits per heavy atom. The first-order valence-corrected chi connectivity index (χ1v) is 7.93. The van der Waals surface area contributed by atoms with Gasteiger partial charge in [0.25, 0.3) is 5.91 Å². The van der Waals surface area contributed by atoms with Gasteiger partial charge in [0, 0.05) is 17.5 Å². The molecule has 104 valence electrons. The Morgan fingerprint density at radius 2 is 2.21 bits per heavy atom. The van der Waals surface area contributed by atoms with Gasteiger partial charge in [0.05, 0.1) is 5.56 Å². The van der Waals surface area contributed by atoms with E-state index in [2.05, 4.69) is 16.6 Å². The van der Waals surface area contributed by atoms with Crippen LogP contribution in [0.25, 0.3) is 0 Å². The third-order valence-electron chi connectivity index (χ3n) is 3.85. The van der Waals surface area contributed by atoms with Crippen molar-refractivity contribution in [3.8, 4) is 0 Å². The van der Waals surface area contributed by atoms with E-state index in [1.54, 1.807) is 18.3 Å². The minimum Gasteiger partial charge on any atom is -0.368 e. The van der Waals surface area contributed by atoms with Crippen molar-refractivity contribution in [3.63, 3.8) is 0 Å². The highest BCUT2D eigenvalue weighted by molar-refractivity contribution is 8.00. The summed E-state index contributed by atoms with van der Waals surface area (Å²) in [5.41, 5.74) is 5.83. The van der Waals surface area contributed by atoms with Gasteiger partial charge < -0.3 is 11.1 Å². The van der Waals surface area contributed by atoms with Crippen LogP contribution in [0, 0.1) is 0 Å². The molecule has 0 saturated heterocycles. The Bertz CT molecular complexity index is 444. The zero-order valence-electron chi connectivity index (χ0n) is 11.3. The molecule has 4 nitrogen and oxygen atoms in total. The summed E-state index contributed by atoms with van der Waals surface area (Å²) in [5.74, 6) is 0.173. The van der Waals surface area contributed by atoms with E-state index in [1.807, 2.05) is 11.8 Å². The van der Waals surface area contributed by atoms with Gasteiger partial charge in [-0.15, -0.1) is 0 Å². The average molecular weight is 279 g/mol. The van der Waals surface area contributed by atoms with Crippen LogP contribution in [-0.4, -0.2) is 28.4 Å². The smallest absolute Gasteiger partial charge is 0.252 e. The molecule has 2 rings (SSSR count). The molecule has 0 atom stereocenters. The second kappa shape index (κ2) is 6.28. The van der Waals surface area contributed by atoms with Crippen LogP contribution in [0.5, 0.6) is 0 Å². The van der Waals surface area contributed by atoms with Crippen LogP contribution in [-0.2, 0) is 0 Å². The first-order valence-electron chi connectivity index (χ1n) is 6.71. The molecule has 1 saturated carbocycles. The molecule has 1 aromatic rings. The maximum atomic E-state index is 11.4. The van der Waals surface area contributed by atoms with Gasteiger partial charge in [-0.1, -0.05) is 19.3 Å². The number of nitrogens with two attached hydrogens (primary N) is 1. The van der Waals surface area contributed by atoms with Crippen molar-refractivity contribution < 1.29 is 4.79 Å². The van der Waals surface area contributed by atoms with Crippen LogP contribution in [0.3, 0.4) is 0 Å². The van der Waals surface area contributed by atoms with E-state index in [1.165, 1.54) is 32.1 Å². The Kier molecular flexibility index (Phi) is 4.69. The van der Waals surface area contributed by atoms with E-state index in [-0.39, 0.29) is 4.75 Å². The lowest BCUT2D eigenvalue weighted by molar-refractivity contribution is 0.100. The summed E-state index contributed by atoms with van der Waals surface area (Å²) in [7, 11) is 0. The van der Waals surface area contributed by atoms with Gasteiger partial charge in [0.1, 0.15) is 5.82 Å². The van der Waals surface area contributed by atoms with Crippen LogP contribution in [0.4, 0.5) is 5.82 Å². The lowest BCUT2D eigenvalue weighted by Gasteiger charge is -2.36. The van der Waals surface area contributed by atoms with Crippen molar-refractivity contribution in [2.45, 2.75) is 36.9 Å². The minimum absolute atomic E-state index is 0.269. The Hall–Kier alpha value is -1.23. The molecule has 5 heteroatoms. The van der Waals surface area contributed by atoms with E-state index in [0.29, 0.717) is 11.4 Å². The fraction of sp³-hybridized carbons (Fsp3) is 0.571. The van der Waals surface area contributed by atoms with Crippen molar-refractivity contribution in [1.82, 2.24) is 4.98 Å². The van der Waals surface area contributed by atoms with Crippen LogP contribution in [0.1, 0.15) is 42.5 Å². The number of carbonyl (C=O) groups is 1. The second-order valence-corrected chi connectivity index (χ2v) is 6.34. The number of hydrogen-bond donors (Lipinski definition) is 2. The minimum atomic E-state index is -0.433. The molecule has 0 bridgehead atoms. The summed E-state index contributed by atoms with van der Waals surface area (Å²) >= 11 is 1.92. The number of pyridine rings is 1. The molecule has 0 aromatic carbocycles. The predicted octanol–water partition coefficient (Wildman–Crippen LogP) is 2.66. The molecule has 0 radical (unpaired) electrons. The number of aromatic nitrogens is 1. The quantitative estimate of drug-likeness (QED) is 0.869. The number of hydrogen-bond acceptors (Lipinski definition) is 4. The molecule has 1 amide bonds. The molecular weight excluding hydrogens is 258 g/mol. The molecule has 1 fully saturated rings. The van der Waals surface area contributed by atoms with E-state index < -0.39 is 5.91 Å². The summed E-state index contributed by atoms with van der Waals surface area (Å²) in [6.45, 7) is 0.839. The van der Waals surface area contributed by atoms with Crippen molar-refractivity contribution in [2.24, 2.45) is 5.73 Å². The van der Waals surface area contributed by atoms with E-state index in [4.69, 9.17) is 5.73 Å². The highest BCUT2D eigenvalue weighted by Crippen LogP contribution is 2.38. The van der Waals surface area contributed by atoms with E-state index in [0.717, 1.165) is 6.54 Å². The Labute approximate surface area is 118 Å². The van der Waals surface area contributed by atoms with Crippen LogP contribution in [0.2, 0.25) is 0 Å². The molecule has 0 aliphatic heterocycles. The summed E-state index contributed by atoms with van der Waals surface area (Å²) < 4.78 is 0.269. The van der Waals surface area contributed by atoms with Crippen LogP contribution in [0.15, 0.2) is 18.3 Å². The van der Waals surface area contributed by atoms with Gasteiger partial charge in [-0.2, -0.15) is 11.8 Å². The van der Waals surface area contributed by atoms with Gasteiger partial charge in [-0.3, -0.25) is 4.79 Å². The van der Waals surface area contributed by atoms with E-state index in [9.17, 15) is 4.79 Å². The van der Waals surface area contributed by atoms with Crippen LogP contribution >= 0.6 is 11.8 Å². The Balaban J connectivity index is 2.07. The maximum absolute atomic E-state index is 11.4. The third kappa shape index (κ3) is 3.41. The number of carbonyl (C=O) groups excluding carboxylic acids is 1. The molecular formula is C14H21N3OS. The maximum Gasteiger partial charge on any atom is 0.252 e. The van der Waals surface area contributed by atoms with Gasteiger partial charge in [0.15, 0.2) is 0 Å². The standard InChI is InChI=1S/C14H21N3OS/c1-19-14(7-3-2-4-8-14)10-17-13-11(12(15)18)6-5-9-16-13/h5-6,9H,2-4,7-8,10H2,1H3,(H2,15,18)(H,16,17). The highest BCUT2D eigenvalue weighted by Gasteiger charge is 2.31. The third-order valence-corrected chi connectivity index (χ3v) is 5.27. The molecule has 0 spiro atoms. The number of nitrogens with zero attached hydrogens (tertiary/aromatic N) is 1. The number of primary amides is 1. The summed E-state index contributed by atoms with van der Waals surface area (Å²) in [6.07, 6.45) is 10.2. The lowest BCUT2D eigenvalue weighted by Crippen LogP contribution is -2.36. The zero-order valence-corrected chi connectivity index (χ0v) is 12.1. The fourth-order valence-corrected chi connectivity index (χ4v) is 3.55. The van der Waals surface area contributed by atoms with Crippen molar-refractivity contribution in [2.75, 3.05) is 18.1 Å². The molecule has 1 aromatic heterocycles. The first kappa shape index (κ1) is 14.2. The number of rotatable bonds is 5. The lowest BCUT2D eigenvalue weighted by atomic mass is 9.88. The molecule has 3 N–H and O–H groups in total. The second-order valence-electron chi connectivity index (χ2n) is 5.07. The summed E-state index contributed by atoms with van der Waals surface area (Å²) in [5, 5.41) is 3.32. The van der Waals surface area contributed by atoms with Gasteiger partial charge in [-0.05, 0) is 31.2 Å². The SMILES string of the molecule is CSC1(CNc2ncccc2C(N)=O)CCCCC1. The number of nitrogens with one attached hydrogen (secondary N) is 1. The average Bonchev–Trinajstić information content (AvgIpc) is 2.46. The molecule has 1 aliphatic rings. The van der Waals surface area contributed by atoms with Crippen LogP contribution < -0.4 is 11.1 Å². The van der Waals surface area contributed by atoms with Crippen molar-refractivity contribution >= 4 is 23.5 Å². The molecule has 0 unspecified atom stereocenters. The van der Waals surface area contributed by atoms with Gasteiger partial charge >= 0.3 is 0 Å². The Morgan fingerprint density at radius 1 is 1.47 bits per heavy atom. The van der Waals surface area contributed by atoms with Crippen molar-refractivity contribution in [3.05, 3.63) is 23.9 Å². The number of amides is 1. The summed E-state index contributed by atoms with van der Waals surface area (Å²) in [6, 6.07) is 3.44. The largest absolute Gasteiger partial charge is 0.368 e. The number of anilines is 1. The number of thioether (sulfide) groups is 1. The monoisotopic (exact) mass is 279 g/mol. The van der Waals surface area contributed by atoms with Crippen molar-refractivity contribution in [1.29, 1.82) is 0 Å².